The van der Waals surface area contributed by atoms with Gasteiger partial charge in [-0.1, -0.05) is 18.2 Å². The van der Waals surface area contributed by atoms with Crippen molar-refractivity contribution in [2.75, 3.05) is 13.2 Å². The van der Waals surface area contributed by atoms with Gasteiger partial charge in [0.05, 0.1) is 6.61 Å². The number of carbonyl (C=O) groups excluding carboxylic acids is 1. The normalized spacial score (nSPS) is 16.2. The van der Waals surface area contributed by atoms with Crippen LogP contribution in [0.3, 0.4) is 0 Å². The first-order valence-electron chi connectivity index (χ1n) is 8.05. The molecule has 0 saturated carbocycles. The summed E-state index contributed by atoms with van der Waals surface area (Å²) in [5, 5.41) is 2.89. The van der Waals surface area contributed by atoms with Crippen LogP contribution in [0.25, 0.3) is 0 Å². The van der Waals surface area contributed by atoms with E-state index >= 15 is 0 Å². The fourth-order valence-corrected chi connectivity index (χ4v) is 2.95. The largest absolute Gasteiger partial charge is 0.493 e. The molecule has 0 saturated heterocycles. The average molecular weight is 327 g/mol. The highest BCUT2D eigenvalue weighted by Crippen LogP contribution is 2.26. The van der Waals surface area contributed by atoms with Crippen molar-refractivity contribution in [3.05, 3.63) is 57.8 Å². The number of hydrogen-bond acceptors (Lipinski definition) is 4. The third-order valence-electron chi connectivity index (χ3n) is 4.19. The van der Waals surface area contributed by atoms with Gasteiger partial charge in [0.2, 0.25) is 5.91 Å². The molecule has 0 spiro atoms. The zero-order valence-corrected chi connectivity index (χ0v) is 13.9. The summed E-state index contributed by atoms with van der Waals surface area (Å²) in [5.41, 5.74) is 2.17. The highest BCUT2D eigenvalue weighted by molar-refractivity contribution is 5.75. The average Bonchev–Trinajstić information content (AvgIpc) is 2.56. The predicted molar refractivity (Wildman–Crippen MR) is 90.1 cm³/mol. The Labute approximate surface area is 140 Å². The van der Waals surface area contributed by atoms with Crippen molar-refractivity contribution >= 4 is 5.91 Å². The molecule has 6 nitrogen and oxygen atoms in total. The number of ether oxygens (including phenoxy) is 1. The molecular formula is C18H21N3O3. The second-order valence-corrected chi connectivity index (χ2v) is 6.20. The molecular weight excluding hydrogens is 306 g/mol. The van der Waals surface area contributed by atoms with E-state index in [1.54, 1.807) is 19.9 Å². The zero-order chi connectivity index (χ0) is 17.1. The lowest BCUT2D eigenvalue weighted by Crippen LogP contribution is -2.39. The summed E-state index contributed by atoms with van der Waals surface area (Å²) < 4.78 is 7.11. The van der Waals surface area contributed by atoms with E-state index in [0.717, 1.165) is 23.4 Å². The Morgan fingerprint density at radius 2 is 2.17 bits per heavy atom. The van der Waals surface area contributed by atoms with Crippen LogP contribution in [0.4, 0.5) is 0 Å². The number of fused-ring (bicyclic) bond motifs is 1. The Morgan fingerprint density at radius 3 is 2.96 bits per heavy atom. The first kappa shape index (κ1) is 16.2. The van der Waals surface area contributed by atoms with Gasteiger partial charge < -0.3 is 10.1 Å². The number of aryl methyl sites for hydroxylation is 2. The van der Waals surface area contributed by atoms with Crippen LogP contribution in [-0.4, -0.2) is 28.6 Å². The highest BCUT2D eigenvalue weighted by Gasteiger charge is 2.20. The molecule has 0 bridgehead atoms. The molecule has 3 rings (SSSR count). The fraction of sp³-hybridized carbons (Fsp3) is 0.389. The van der Waals surface area contributed by atoms with Gasteiger partial charge in [-0.2, -0.15) is 4.98 Å². The molecule has 1 aliphatic heterocycles. The van der Waals surface area contributed by atoms with E-state index in [0.29, 0.717) is 18.8 Å². The summed E-state index contributed by atoms with van der Waals surface area (Å²) in [6.07, 6.45) is 0.877. The van der Waals surface area contributed by atoms with Crippen molar-refractivity contribution in [2.45, 2.75) is 26.8 Å². The third-order valence-corrected chi connectivity index (χ3v) is 4.19. The number of hydrogen-bond donors (Lipinski definition) is 1. The molecule has 1 amide bonds. The van der Waals surface area contributed by atoms with E-state index in [2.05, 4.69) is 10.3 Å². The van der Waals surface area contributed by atoms with Crippen LogP contribution in [-0.2, 0) is 17.8 Å². The number of rotatable bonds is 4. The predicted octanol–water partition coefficient (Wildman–Crippen LogP) is 1.23. The Kier molecular flexibility index (Phi) is 4.64. The van der Waals surface area contributed by atoms with E-state index < -0.39 is 5.69 Å². The summed E-state index contributed by atoms with van der Waals surface area (Å²) in [6.45, 7) is 4.67. The van der Waals surface area contributed by atoms with Crippen LogP contribution < -0.4 is 15.7 Å². The van der Waals surface area contributed by atoms with Gasteiger partial charge in [-0.25, -0.2) is 4.79 Å². The number of nitrogens with one attached hydrogen (secondary N) is 1. The lowest BCUT2D eigenvalue weighted by atomic mass is 9.97. The molecule has 1 N–H and O–H groups in total. The molecule has 24 heavy (non-hydrogen) atoms. The number of aromatic nitrogens is 2. The van der Waals surface area contributed by atoms with Gasteiger partial charge in [-0.15, -0.1) is 0 Å². The van der Waals surface area contributed by atoms with Gasteiger partial charge >= 0.3 is 5.69 Å². The molecule has 0 radical (unpaired) electrons. The Bertz CT molecular complexity index is 813. The molecule has 0 fully saturated rings. The van der Waals surface area contributed by atoms with Crippen LogP contribution in [0, 0.1) is 19.8 Å². The lowest BCUT2D eigenvalue weighted by Gasteiger charge is -2.25. The van der Waals surface area contributed by atoms with Crippen molar-refractivity contribution in [3.63, 3.8) is 0 Å². The molecule has 2 aromatic rings. The summed E-state index contributed by atoms with van der Waals surface area (Å²) in [6, 6.07) is 9.74. The highest BCUT2D eigenvalue weighted by atomic mass is 16.5. The van der Waals surface area contributed by atoms with Crippen molar-refractivity contribution < 1.29 is 9.53 Å². The Balaban J connectivity index is 1.56. The maximum atomic E-state index is 12.2. The van der Waals surface area contributed by atoms with Crippen LogP contribution in [0.15, 0.2) is 35.1 Å². The standard InChI is InChI=1S/C18H21N3O3/c1-12-7-13(2)21(18(23)20-12)10-17(22)19-9-14-8-15-5-3-4-6-16(15)24-11-14/h3-7,14H,8-11H2,1-2H3,(H,19,22)/t14-/m0/s1. The van der Waals surface area contributed by atoms with E-state index in [1.165, 1.54) is 4.57 Å². The molecule has 0 aliphatic carbocycles. The smallest absolute Gasteiger partial charge is 0.348 e. The lowest BCUT2D eigenvalue weighted by molar-refractivity contribution is -0.122. The second-order valence-electron chi connectivity index (χ2n) is 6.20. The minimum absolute atomic E-state index is 0.0118. The monoisotopic (exact) mass is 327 g/mol. The van der Waals surface area contributed by atoms with Crippen LogP contribution in [0.1, 0.15) is 17.0 Å². The van der Waals surface area contributed by atoms with Crippen molar-refractivity contribution in [2.24, 2.45) is 5.92 Å². The summed E-state index contributed by atoms with van der Waals surface area (Å²) in [5.74, 6) is 0.968. The number of nitrogens with zero attached hydrogens (tertiary/aromatic N) is 2. The molecule has 1 aromatic carbocycles. The van der Waals surface area contributed by atoms with Gasteiger partial charge in [-0.3, -0.25) is 9.36 Å². The zero-order valence-electron chi connectivity index (χ0n) is 13.9. The molecule has 126 valence electrons. The summed E-state index contributed by atoms with van der Waals surface area (Å²) in [4.78, 5) is 27.9. The van der Waals surface area contributed by atoms with Crippen LogP contribution >= 0.6 is 0 Å². The van der Waals surface area contributed by atoms with Crippen molar-refractivity contribution in [1.29, 1.82) is 0 Å². The number of amides is 1. The van der Waals surface area contributed by atoms with Gasteiger partial charge in [0.25, 0.3) is 0 Å². The molecule has 1 atom stereocenters. The summed E-state index contributed by atoms with van der Waals surface area (Å²) >= 11 is 0. The van der Waals surface area contributed by atoms with Gasteiger partial charge in [0.15, 0.2) is 0 Å². The van der Waals surface area contributed by atoms with E-state index in [-0.39, 0.29) is 18.4 Å². The van der Waals surface area contributed by atoms with E-state index in [4.69, 9.17) is 4.74 Å². The minimum atomic E-state index is -0.391. The SMILES string of the molecule is Cc1cc(C)n(CC(=O)NC[C@H]2COc3ccccc3C2)c(=O)n1. The topological polar surface area (TPSA) is 73.2 Å². The van der Waals surface area contributed by atoms with E-state index in [9.17, 15) is 9.59 Å². The van der Waals surface area contributed by atoms with Crippen molar-refractivity contribution in [1.82, 2.24) is 14.9 Å². The first-order valence-corrected chi connectivity index (χ1v) is 8.05. The molecule has 1 aliphatic rings. The fourth-order valence-electron chi connectivity index (χ4n) is 2.95. The van der Waals surface area contributed by atoms with Gasteiger partial charge in [0.1, 0.15) is 12.3 Å². The van der Waals surface area contributed by atoms with Crippen LogP contribution in [0.2, 0.25) is 0 Å². The van der Waals surface area contributed by atoms with E-state index in [1.807, 2.05) is 24.3 Å². The number of benzene rings is 1. The molecule has 2 heterocycles. The maximum absolute atomic E-state index is 12.2. The number of para-hydroxylation sites is 1. The van der Waals surface area contributed by atoms with Crippen LogP contribution in [0.5, 0.6) is 5.75 Å². The first-order chi connectivity index (χ1) is 11.5. The molecule has 0 unspecified atom stereocenters. The Hall–Kier alpha value is -2.63. The molecule has 1 aromatic heterocycles. The summed E-state index contributed by atoms with van der Waals surface area (Å²) in [7, 11) is 0. The second kappa shape index (κ2) is 6.86. The third kappa shape index (κ3) is 3.64. The number of carbonyl (C=O) groups is 1. The van der Waals surface area contributed by atoms with Crippen molar-refractivity contribution in [3.8, 4) is 5.75 Å². The van der Waals surface area contributed by atoms with Gasteiger partial charge in [-0.05, 0) is 38.0 Å². The quantitative estimate of drug-likeness (QED) is 0.917. The Morgan fingerprint density at radius 1 is 1.38 bits per heavy atom. The maximum Gasteiger partial charge on any atom is 0.348 e. The molecule has 6 heteroatoms. The minimum Gasteiger partial charge on any atom is -0.493 e. The van der Waals surface area contributed by atoms with Gasteiger partial charge in [0, 0.05) is 23.9 Å².